The van der Waals surface area contributed by atoms with Crippen LogP contribution >= 0.6 is 11.6 Å². The van der Waals surface area contributed by atoms with Gasteiger partial charge < -0.3 is 9.32 Å². The lowest BCUT2D eigenvalue weighted by atomic mass is 10.1. The number of nitrogens with zero attached hydrogens (tertiary/aromatic N) is 3. The van der Waals surface area contributed by atoms with Crippen molar-refractivity contribution in [1.29, 1.82) is 0 Å². The molecule has 0 N–H and O–H groups in total. The van der Waals surface area contributed by atoms with Gasteiger partial charge in [0.15, 0.2) is 0 Å². The van der Waals surface area contributed by atoms with Gasteiger partial charge in [-0.2, -0.15) is 0 Å². The molecule has 1 atom stereocenters. The van der Waals surface area contributed by atoms with Gasteiger partial charge in [0.05, 0.1) is 0 Å². The first-order valence-corrected chi connectivity index (χ1v) is 6.75. The molecule has 1 unspecified atom stereocenters. The van der Waals surface area contributed by atoms with Crippen molar-refractivity contribution in [1.82, 2.24) is 10.2 Å². The third-order valence-corrected chi connectivity index (χ3v) is 3.14. The Morgan fingerprint density at radius 2 is 2.06 bits per heavy atom. The first-order valence-electron chi connectivity index (χ1n) is 6.32. The molecule has 1 saturated carbocycles. The predicted octanol–water partition coefficient (Wildman–Crippen LogP) is 3.38. The first kappa shape index (κ1) is 12.7. The zero-order valence-electron chi connectivity index (χ0n) is 10.7. The van der Waals surface area contributed by atoms with Crippen LogP contribution < -0.4 is 4.90 Å². The number of anilines is 1. The van der Waals surface area contributed by atoms with Crippen LogP contribution in [-0.2, 0) is 0 Å². The molecule has 0 radical (unpaired) electrons. The molecule has 0 amide bonds. The molecule has 1 aliphatic rings. The number of rotatable bonds is 6. The lowest BCUT2D eigenvalue weighted by molar-refractivity contribution is 0.470. The van der Waals surface area contributed by atoms with Gasteiger partial charge in [-0.1, -0.05) is 18.9 Å². The Morgan fingerprint density at radius 3 is 2.53 bits per heavy atom. The van der Waals surface area contributed by atoms with Crippen molar-refractivity contribution in [3.05, 3.63) is 5.89 Å². The zero-order chi connectivity index (χ0) is 12.4. The van der Waals surface area contributed by atoms with Crippen LogP contribution in [0, 0.1) is 5.92 Å². The fraction of sp³-hybridized carbons (Fsp3) is 0.833. The van der Waals surface area contributed by atoms with Crippen molar-refractivity contribution in [3.63, 3.8) is 0 Å². The van der Waals surface area contributed by atoms with Gasteiger partial charge in [0.25, 0.3) is 0 Å². The normalized spacial score (nSPS) is 17.5. The zero-order valence-corrected chi connectivity index (χ0v) is 11.4. The Labute approximate surface area is 107 Å². The fourth-order valence-corrected chi connectivity index (χ4v) is 1.81. The maximum Gasteiger partial charge on any atom is 0.318 e. The molecule has 0 bridgehead atoms. The van der Waals surface area contributed by atoms with E-state index in [0.717, 1.165) is 13.0 Å². The minimum absolute atomic E-state index is 0.220. The van der Waals surface area contributed by atoms with E-state index in [1.165, 1.54) is 12.8 Å². The Kier molecular flexibility index (Phi) is 3.92. The molecule has 5 heteroatoms. The number of alkyl halides is 1. The largest absolute Gasteiger partial charge is 0.406 e. The molecule has 1 heterocycles. The van der Waals surface area contributed by atoms with Crippen LogP contribution in [0.3, 0.4) is 0 Å². The van der Waals surface area contributed by atoms with E-state index in [-0.39, 0.29) is 5.38 Å². The van der Waals surface area contributed by atoms with Crippen molar-refractivity contribution in [2.24, 2.45) is 5.92 Å². The summed E-state index contributed by atoms with van der Waals surface area (Å²) in [6, 6.07) is 1.23. The SMILES string of the molecule is CC(C)CCN(c1nnc(C(C)Cl)o1)C1CC1. The summed E-state index contributed by atoms with van der Waals surface area (Å²) in [6.45, 7) is 7.28. The molecule has 0 aromatic carbocycles. The van der Waals surface area contributed by atoms with Gasteiger partial charge in [-0.25, -0.2) is 0 Å². The average molecular weight is 258 g/mol. The van der Waals surface area contributed by atoms with Crippen molar-refractivity contribution in [3.8, 4) is 0 Å². The minimum atomic E-state index is -0.220. The van der Waals surface area contributed by atoms with Crippen LogP contribution in [0.25, 0.3) is 0 Å². The summed E-state index contributed by atoms with van der Waals surface area (Å²) < 4.78 is 5.61. The summed E-state index contributed by atoms with van der Waals surface area (Å²) in [6.07, 6.45) is 3.60. The molecular weight excluding hydrogens is 238 g/mol. The summed E-state index contributed by atoms with van der Waals surface area (Å²) >= 11 is 5.93. The summed E-state index contributed by atoms with van der Waals surface area (Å²) in [7, 11) is 0. The molecule has 1 fully saturated rings. The summed E-state index contributed by atoms with van der Waals surface area (Å²) in [5.74, 6) is 1.20. The molecular formula is C12H20ClN3O. The van der Waals surface area contributed by atoms with Crippen molar-refractivity contribution < 1.29 is 4.42 Å². The number of aromatic nitrogens is 2. The van der Waals surface area contributed by atoms with Crippen LogP contribution in [0.5, 0.6) is 0 Å². The molecule has 1 aliphatic carbocycles. The summed E-state index contributed by atoms with van der Waals surface area (Å²) in [4.78, 5) is 2.23. The highest BCUT2D eigenvalue weighted by molar-refractivity contribution is 6.20. The number of hydrogen-bond donors (Lipinski definition) is 0. The van der Waals surface area contributed by atoms with Gasteiger partial charge >= 0.3 is 6.01 Å². The lowest BCUT2D eigenvalue weighted by Crippen LogP contribution is -2.28. The van der Waals surface area contributed by atoms with Gasteiger partial charge in [-0.3, -0.25) is 0 Å². The fourth-order valence-electron chi connectivity index (χ4n) is 1.72. The van der Waals surface area contributed by atoms with Gasteiger partial charge in [0.2, 0.25) is 5.89 Å². The van der Waals surface area contributed by atoms with Crippen molar-refractivity contribution in [2.75, 3.05) is 11.4 Å². The van der Waals surface area contributed by atoms with E-state index in [2.05, 4.69) is 28.9 Å². The van der Waals surface area contributed by atoms with E-state index in [1.807, 2.05) is 6.92 Å². The van der Waals surface area contributed by atoms with Crippen LogP contribution in [0.2, 0.25) is 0 Å². The van der Waals surface area contributed by atoms with E-state index in [1.54, 1.807) is 0 Å². The number of halogens is 1. The first-order chi connectivity index (χ1) is 8.08. The summed E-state index contributed by atoms with van der Waals surface area (Å²) in [5, 5.41) is 7.87. The second kappa shape index (κ2) is 5.25. The summed E-state index contributed by atoms with van der Waals surface area (Å²) in [5.41, 5.74) is 0. The van der Waals surface area contributed by atoms with E-state index in [0.29, 0.717) is 23.9 Å². The lowest BCUT2D eigenvalue weighted by Gasteiger charge is -2.20. The highest BCUT2D eigenvalue weighted by atomic mass is 35.5. The predicted molar refractivity (Wildman–Crippen MR) is 68.4 cm³/mol. The monoisotopic (exact) mass is 257 g/mol. The van der Waals surface area contributed by atoms with Crippen LogP contribution in [-0.4, -0.2) is 22.8 Å². The maximum absolute atomic E-state index is 5.93. The highest BCUT2D eigenvalue weighted by Crippen LogP contribution is 2.32. The third-order valence-electron chi connectivity index (χ3n) is 2.95. The molecule has 96 valence electrons. The average Bonchev–Trinajstić information content (AvgIpc) is 2.95. The molecule has 0 aliphatic heterocycles. The minimum Gasteiger partial charge on any atom is -0.406 e. The molecule has 0 saturated heterocycles. The second-order valence-electron chi connectivity index (χ2n) is 5.15. The Morgan fingerprint density at radius 1 is 1.35 bits per heavy atom. The second-order valence-corrected chi connectivity index (χ2v) is 5.80. The topological polar surface area (TPSA) is 42.2 Å². The van der Waals surface area contributed by atoms with Crippen LogP contribution in [0.15, 0.2) is 4.42 Å². The molecule has 17 heavy (non-hydrogen) atoms. The maximum atomic E-state index is 5.93. The Hall–Kier alpha value is -0.770. The standard InChI is InChI=1S/C12H20ClN3O/c1-8(2)6-7-16(10-4-5-10)12-15-14-11(17-12)9(3)13/h8-10H,4-7H2,1-3H3. The van der Waals surface area contributed by atoms with E-state index in [9.17, 15) is 0 Å². The molecule has 2 rings (SSSR count). The highest BCUT2D eigenvalue weighted by Gasteiger charge is 2.32. The Bertz CT molecular complexity index is 360. The van der Waals surface area contributed by atoms with Gasteiger partial charge in [0.1, 0.15) is 5.38 Å². The Balaban J connectivity index is 2.03. The third kappa shape index (κ3) is 3.35. The smallest absolute Gasteiger partial charge is 0.318 e. The van der Waals surface area contributed by atoms with E-state index < -0.39 is 0 Å². The molecule has 1 aromatic heterocycles. The van der Waals surface area contributed by atoms with E-state index in [4.69, 9.17) is 16.0 Å². The quantitative estimate of drug-likeness (QED) is 0.733. The van der Waals surface area contributed by atoms with Crippen molar-refractivity contribution in [2.45, 2.75) is 51.5 Å². The molecule has 0 spiro atoms. The van der Waals surface area contributed by atoms with Gasteiger partial charge in [0, 0.05) is 12.6 Å². The molecule has 1 aromatic rings. The van der Waals surface area contributed by atoms with Crippen LogP contribution in [0.1, 0.15) is 51.3 Å². The van der Waals surface area contributed by atoms with Gasteiger partial charge in [-0.05, 0) is 32.1 Å². The van der Waals surface area contributed by atoms with Gasteiger partial charge in [-0.15, -0.1) is 16.7 Å². The van der Waals surface area contributed by atoms with E-state index >= 15 is 0 Å². The molecule has 4 nitrogen and oxygen atoms in total. The van der Waals surface area contributed by atoms with Crippen LogP contribution in [0.4, 0.5) is 6.01 Å². The van der Waals surface area contributed by atoms with Crippen molar-refractivity contribution >= 4 is 17.6 Å². The number of hydrogen-bond acceptors (Lipinski definition) is 4.